The summed E-state index contributed by atoms with van der Waals surface area (Å²) in [6.45, 7) is 2.10. The van der Waals surface area contributed by atoms with Crippen LogP contribution in [0.2, 0.25) is 0 Å². The molecule has 0 aromatic carbocycles. The Kier molecular flexibility index (Phi) is 5.75. The Labute approximate surface area is 140 Å². The van der Waals surface area contributed by atoms with Crippen molar-refractivity contribution in [3.8, 4) is 0 Å². The predicted octanol–water partition coefficient (Wildman–Crippen LogP) is 4.09. The maximum atomic E-state index is 12.5. The van der Waals surface area contributed by atoms with Crippen molar-refractivity contribution >= 4 is 40.7 Å². The summed E-state index contributed by atoms with van der Waals surface area (Å²) >= 11 is 10.5. The number of nitrogens with zero attached hydrogens (tertiary/aromatic N) is 1. The molecule has 0 heterocycles. The lowest BCUT2D eigenvalue weighted by Gasteiger charge is -2.28. The van der Waals surface area contributed by atoms with E-state index in [-0.39, 0.29) is 29.5 Å². The third-order valence-electron chi connectivity index (χ3n) is 4.37. The van der Waals surface area contributed by atoms with Crippen LogP contribution in [0.1, 0.15) is 39.0 Å². The molecular formula is C16H20ClNO3S. The maximum Gasteiger partial charge on any atom is 0.168 e. The topological polar surface area (TPSA) is 58.9 Å². The second-order valence-corrected chi connectivity index (χ2v) is 6.24. The molecule has 2 aliphatic carbocycles. The highest BCUT2D eigenvalue weighted by Crippen LogP contribution is 2.55. The van der Waals surface area contributed by atoms with Gasteiger partial charge in [0.1, 0.15) is 12.4 Å². The summed E-state index contributed by atoms with van der Waals surface area (Å²) in [5, 5.41) is 16.1. The molecule has 0 spiro atoms. The van der Waals surface area contributed by atoms with E-state index in [0.717, 1.165) is 12.8 Å². The van der Waals surface area contributed by atoms with Crippen LogP contribution in [-0.2, 0) is 9.63 Å². The zero-order chi connectivity index (χ0) is 16.2. The molecule has 120 valence electrons. The third-order valence-corrected chi connectivity index (χ3v) is 5.02. The van der Waals surface area contributed by atoms with E-state index in [2.05, 4.69) is 5.16 Å². The molecule has 0 aromatic rings. The number of aliphatic hydroxyl groups excluding tert-OH is 1. The predicted molar refractivity (Wildman–Crippen MR) is 91.4 cm³/mol. The SMILES string of the molecule is CCC(=NOCC=CCl)C1=C(O)CC(C2(C=S)CC2)CC1=O. The summed E-state index contributed by atoms with van der Waals surface area (Å²) in [7, 11) is 0. The molecule has 0 aliphatic heterocycles. The number of aliphatic hydroxyl groups is 1. The normalized spacial score (nSPS) is 24.7. The minimum Gasteiger partial charge on any atom is -0.511 e. The zero-order valence-electron chi connectivity index (χ0n) is 12.5. The largest absolute Gasteiger partial charge is 0.511 e. The first-order chi connectivity index (χ1) is 10.6. The van der Waals surface area contributed by atoms with Gasteiger partial charge in [0.25, 0.3) is 0 Å². The van der Waals surface area contributed by atoms with Gasteiger partial charge in [-0.05, 0) is 36.6 Å². The van der Waals surface area contributed by atoms with Gasteiger partial charge in [-0.25, -0.2) is 0 Å². The number of hydrogen-bond acceptors (Lipinski definition) is 5. The average Bonchev–Trinajstić information content (AvgIpc) is 3.30. The van der Waals surface area contributed by atoms with E-state index < -0.39 is 0 Å². The summed E-state index contributed by atoms with van der Waals surface area (Å²) in [5.41, 5.74) is 2.11. The molecule has 1 saturated carbocycles. The van der Waals surface area contributed by atoms with Gasteiger partial charge in [0, 0.05) is 23.8 Å². The number of halogens is 1. The van der Waals surface area contributed by atoms with Gasteiger partial charge in [-0.1, -0.05) is 35.9 Å². The van der Waals surface area contributed by atoms with Crippen LogP contribution in [0.25, 0.3) is 0 Å². The zero-order valence-corrected chi connectivity index (χ0v) is 14.1. The lowest BCUT2D eigenvalue weighted by molar-refractivity contribution is -0.117. The summed E-state index contributed by atoms with van der Waals surface area (Å²) in [6.07, 6.45) is 5.03. The molecule has 0 aromatic heterocycles. The molecule has 1 N–H and O–H groups in total. The number of oxime groups is 1. The van der Waals surface area contributed by atoms with E-state index in [0.29, 0.717) is 30.5 Å². The summed E-state index contributed by atoms with van der Waals surface area (Å²) in [4.78, 5) is 17.6. The number of thiocarbonyl (C=S) groups is 1. The van der Waals surface area contributed by atoms with Crippen LogP contribution in [0.5, 0.6) is 0 Å². The van der Waals surface area contributed by atoms with Crippen LogP contribution in [0.3, 0.4) is 0 Å². The third kappa shape index (κ3) is 3.58. The highest BCUT2D eigenvalue weighted by Gasteiger charge is 2.50. The van der Waals surface area contributed by atoms with Gasteiger partial charge in [-0.2, -0.15) is 0 Å². The van der Waals surface area contributed by atoms with Crippen molar-refractivity contribution in [3.63, 3.8) is 0 Å². The Morgan fingerprint density at radius 3 is 2.77 bits per heavy atom. The monoisotopic (exact) mass is 341 g/mol. The van der Waals surface area contributed by atoms with E-state index in [9.17, 15) is 9.90 Å². The van der Waals surface area contributed by atoms with E-state index in [1.54, 1.807) is 11.4 Å². The molecule has 22 heavy (non-hydrogen) atoms. The summed E-state index contributed by atoms with van der Waals surface area (Å²) in [5.74, 6) is 0.148. The summed E-state index contributed by atoms with van der Waals surface area (Å²) < 4.78 is 0. The molecule has 6 heteroatoms. The van der Waals surface area contributed by atoms with E-state index in [4.69, 9.17) is 28.7 Å². The second kappa shape index (κ2) is 7.38. The first-order valence-electron chi connectivity index (χ1n) is 7.44. The minimum absolute atomic E-state index is 0.0321. The van der Waals surface area contributed by atoms with Crippen molar-refractivity contribution in [1.29, 1.82) is 0 Å². The van der Waals surface area contributed by atoms with Gasteiger partial charge in [0.15, 0.2) is 5.78 Å². The number of Topliss-reactive ketones (excluding diaryl/α,β-unsaturated/α-hetero) is 1. The standard InChI is InChI=1S/C16H20ClNO3S/c1-2-12(18-21-7-3-6-17)15-13(19)8-11(9-14(15)20)16(10-22)4-5-16/h3,6,10-11,19H,2,4-5,7-9H2,1H3. The minimum atomic E-state index is -0.0750. The van der Waals surface area contributed by atoms with Gasteiger partial charge < -0.3 is 9.94 Å². The van der Waals surface area contributed by atoms with Gasteiger partial charge in [0.2, 0.25) is 0 Å². The fourth-order valence-corrected chi connectivity index (χ4v) is 3.38. The molecule has 2 rings (SSSR count). The molecule has 0 saturated heterocycles. The fraction of sp³-hybridized carbons (Fsp3) is 0.562. The molecule has 1 atom stereocenters. The number of hydrogen-bond donors (Lipinski definition) is 1. The Morgan fingerprint density at radius 1 is 1.55 bits per heavy atom. The van der Waals surface area contributed by atoms with E-state index in [1.807, 2.05) is 6.92 Å². The second-order valence-electron chi connectivity index (χ2n) is 5.75. The molecule has 1 fully saturated rings. The molecule has 2 aliphatic rings. The van der Waals surface area contributed by atoms with Crippen molar-refractivity contribution in [2.24, 2.45) is 16.5 Å². The Bertz CT molecular complexity index is 550. The van der Waals surface area contributed by atoms with Crippen LogP contribution in [0.15, 0.2) is 28.1 Å². The van der Waals surface area contributed by atoms with Crippen molar-refractivity contribution < 1.29 is 14.7 Å². The first-order valence-corrected chi connectivity index (χ1v) is 8.34. The number of allylic oxidation sites excluding steroid dienone is 2. The van der Waals surface area contributed by atoms with Crippen molar-refractivity contribution in [1.82, 2.24) is 0 Å². The lowest BCUT2D eigenvalue weighted by Crippen LogP contribution is -2.29. The van der Waals surface area contributed by atoms with Crippen LogP contribution in [0, 0.1) is 11.3 Å². The highest BCUT2D eigenvalue weighted by atomic mass is 35.5. The van der Waals surface area contributed by atoms with E-state index in [1.165, 1.54) is 5.54 Å². The smallest absolute Gasteiger partial charge is 0.168 e. The van der Waals surface area contributed by atoms with Crippen molar-refractivity contribution in [3.05, 3.63) is 22.9 Å². The number of rotatable bonds is 7. The Hall–Kier alpha value is -1.20. The van der Waals surface area contributed by atoms with Crippen LogP contribution < -0.4 is 0 Å². The van der Waals surface area contributed by atoms with Gasteiger partial charge >= 0.3 is 0 Å². The van der Waals surface area contributed by atoms with Crippen LogP contribution >= 0.6 is 23.8 Å². The van der Waals surface area contributed by atoms with Crippen molar-refractivity contribution in [2.75, 3.05) is 6.61 Å². The lowest BCUT2D eigenvalue weighted by atomic mass is 9.76. The molecule has 0 amide bonds. The number of carbonyl (C=O) groups excluding carboxylic acids is 1. The van der Waals surface area contributed by atoms with Gasteiger partial charge in [-0.15, -0.1) is 0 Å². The first kappa shape index (κ1) is 17.2. The summed E-state index contributed by atoms with van der Waals surface area (Å²) in [6, 6.07) is 0. The molecule has 1 unspecified atom stereocenters. The quantitative estimate of drug-likeness (QED) is 0.328. The molecule has 4 nitrogen and oxygen atoms in total. The highest BCUT2D eigenvalue weighted by molar-refractivity contribution is 7.79. The van der Waals surface area contributed by atoms with E-state index >= 15 is 0 Å². The molecular weight excluding hydrogens is 322 g/mol. The van der Waals surface area contributed by atoms with Gasteiger partial charge in [-0.3, -0.25) is 4.79 Å². The maximum absolute atomic E-state index is 12.5. The Morgan fingerprint density at radius 2 is 2.27 bits per heavy atom. The molecule has 0 bridgehead atoms. The average molecular weight is 342 g/mol. The number of ketones is 1. The fourth-order valence-electron chi connectivity index (χ4n) is 2.88. The van der Waals surface area contributed by atoms with Crippen LogP contribution in [0.4, 0.5) is 0 Å². The van der Waals surface area contributed by atoms with Crippen molar-refractivity contribution in [2.45, 2.75) is 39.0 Å². The molecule has 0 radical (unpaired) electrons. The number of carbonyl (C=O) groups is 1. The Balaban J connectivity index is 2.16. The van der Waals surface area contributed by atoms with Gasteiger partial charge in [0.05, 0.1) is 11.3 Å². The van der Waals surface area contributed by atoms with Crippen LogP contribution in [-0.4, -0.2) is 28.6 Å².